The normalized spacial score (nSPS) is 17.7. The molecular formula is C22H34N4O2. The van der Waals surface area contributed by atoms with E-state index in [1.165, 1.54) is 11.1 Å². The van der Waals surface area contributed by atoms with Gasteiger partial charge in [-0.15, -0.1) is 0 Å². The van der Waals surface area contributed by atoms with Crippen molar-refractivity contribution in [1.82, 2.24) is 15.1 Å². The molecular weight excluding hydrogens is 352 g/mol. The first-order valence-corrected chi connectivity index (χ1v) is 10.7. The van der Waals surface area contributed by atoms with E-state index < -0.39 is 0 Å². The van der Waals surface area contributed by atoms with Gasteiger partial charge in [0.1, 0.15) is 0 Å². The van der Waals surface area contributed by atoms with Crippen molar-refractivity contribution in [2.75, 3.05) is 32.8 Å². The van der Waals surface area contributed by atoms with Gasteiger partial charge >= 0.3 is 0 Å². The molecule has 0 radical (unpaired) electrons. The third kappa shape index (κ3) is 5.47. The fourth-order valence-corrected chi connectivity index (χ4v) is 3.98. The molecule has 0 bridgehead atoms. The van der Waals surface area contributed by atoms with Gasteiger partial charge in [0, 0.05) is 52.3 Å². The maximum Gasteiger partial charge on any atom is 0.223 e. The molecule has 0 saturated carbocycles. The van der Waals surface area contributed by atoms with E-state index in [1.807, 2.05) is 17.0 Å². The maximum absolute atomic E-state index is 12.5. The highest BCUT2D eigenvalue weighted by atomic mass is 16.5. The summed E-state index contributed by atoms with van der Waals surface area (Å²) in [5.74, 6) is 1.20. The SMILES string of the molecule is CCNC(=NCCCC(=O)N1Cc2ccccc2C1)N1CCC(OCC)CC1. The van der Waals surface area contributed by atoms with E-state index in [1.54, 1.807) is 0 Å². The highest BCUT2D eigenvalue weighted by molar-refractivity contribution is 5.80. The number of likely N-dealkylation sites (tertiary alicyclic amines) is 1. The molecule has 0 atom stereocenters. The van der Waals surface area contributed by atoms with Gasteiger partial charge in [-0.25, -0.2) is 0 Å². The first kappa shape index (κ1) is 20.6. The lowest BCUT2D eigenvalue weighted by molar-refractivity contribution is -0.131. The second kappa shape index (κ2) is 10.5. The van der Waals surface area contributed by atoms with Gasteiger partial charge in [-0.2, -0.15) is 0 Å². The summed E-state index contributed by atoms with van der Waals surface area (Å²) >= 11 is 0. The second-order valence-corrected chi connectivity index (χ2v) is 7.50. The van der Waals surface area contributed by atoms with Crippen LogP contribution in [0.4, 0.5) is 0 Å². The number of nitrogens with zero attached hydrogens (tertiary/aromatic N) is 3. The number of benzene rings is 1. The predicted molar refractivity (Wildman–Crippen MR) is 112 cm³/mol. The summed E-state index contributed by atoms with van der Waals surface area (Å²) in [5.41, 5.74) is 2.55. The predicted octanol–water partition coefficient (Wildman–Crippen LogP) is 2.78. The van der Waals surface area contributed by atoms with Crippen molar-refractivity contribution >= 4 is 11.9 Å². The molecule has 28 heavy (non-hydrogen) atoms. The summed E-state index contributed by atoms with van der Waals surface area (Å²) in [6.07, 6.45) is 3.82. The summed E-state index contributed by atoms with van der Waals surface area (Å²) in [6.45, 7) is 9.91. The van der Waals surface area contributed by atoms with E-state index in [4.69, 9.17) is 9.73 Å². The maximum atomic E-state index is 12.5. The van der Waals surface area contributed by atoms with Gasteiger partial charge in [-0.3, -0.25) is 9.79 Å². The van der Waals surface area contributed by atoms with E-state index >= 15 is 0 Å². The van der Waals surface area contributed by atoms with E-state index in [0.29, 0.717) is 19.1 Å². The van der Waals surface area contributed by atoms with Gasteiger partial charge in [0.2, 0.25) is 5.91 Å². The molecule has 1 saturated heterocycles. The van der Waals surface area contributed by atoms with Gasteiger partial charge in [0.05, 0.1) is 6.10 Å². The number of guanidine groups is 1. The number of piperidine rings is 1. The fourth-order valence-electron chi connectivity index (χ4n) is 3.98. The number of ether oxygens (including phenoxy) is 1. The van der Waals surface area contributed by atoms with Crippen LogP contribution in [0.2, 0.25) is 0 Å². The van der Waals surface area contributed by atoms with Crippen LogP contribution in [0.3, 0.4) is 0 Å². The zero-order valence-electron chi connectivity index (χ0n) is 17.3. The molecule has 1 fully saturated rings. The Balaban J connectivity index is 1.42. The van der Waals surface area contributed by atoms with Crippen molar-refractivity contribution in [3.63, 3.8) is 0 Å². The van der Waals surface area contributed by atoms with Crippen LogP contribution in [0.1, 0.15) is 50.7 Å². The molecule has 1 aromatic rings. The zero-order chi connectivity index (χ0) is 19.8. The van der Waals surface area contributed by atoms with Crippen molar-refractivity contribution in [1.29, 1.82) is 0 Å². The van der Waals surface area contributed by atoms with Crippen LogP contribution in [-0.4, -0.2) is 60.6 Å². The number of nitrogens with one attached hydrogen (secondary N) is 1. The Morgan fingerprint density at radius 2 is 1.82 bits per heavy atom. The minimum absolute atomic E-state index is 0.230. The lowest BCUT2D eigenvalue weighted by Gasteiger charge is -2.34. The van der Waals surface area contributed by atoms with Crippen molar-refractivity contribution < 1.29 is 9.53 Å². The monoisotopic (exact) mass is 386 g/mol. The molecule has 1 N–H and O–H groups in total. The van der Waals surface area contributed by atoms with Gasteiger partial charge in [0.15, 0.2) is 5.96 Å². The molecule has 6 nitrogen and oxygen atoms in total. The van der Waals surface area contributed by atoms with Crippen molar-refractivity contribution in [3.8, 4) is 0 Å². The molecule has 2 heterocycles. The number of aliphatic imine (C=N–C) groups is 1. The summed E-state index contributed by atoms with van der Waals surface area (Å²) < 4.78 is 5.74. The topological polar surface area (TPSA) is 57.2 Å². The third-order valence-electron chi connectivity index (χ3n) is 5.48. The molecule has 0 unspecified atom stereocenters. The number of amides is 1. The smallest absolute Gasteiger partial charge is 0.223 e. The van der Waals surface area contributed by atoms with Crippen molar-refractivity contribution in [3.05, 3.63) is 35.4 Å². The number of carbonyl (C=O) groups excluding carboxylic acids is 1. The molecule has 2 aliphatic rings. The van der Waals surface area contributed by atoms with Crippen LogP contribution in [0.5, 0.6) is 0 Å². The average molecular weight is 387 g/mol. The van der Waals surface area contributed by atoms with Crippen LogP contribution < -0.4 is 5.32 Å². The largest absolute Gasteiger partial charge is 0.378 e. The average Bonchev–Trinajstić information content (AvgIpc) is 3.15. The first-order valence-electron chi connectivity index (χ1n) is 10.7. The van der Waals surface area contributed by atoms with Crippen LogP contribution in [0, 0.1) is 0 Å². The summed E-state index contributed by atoms with van der Waals surface area (Å²) in [4.78, 5) is 21.6. The highest BCUT2D eigenvalue weighted by Gasteiger charge is 2.23. The molecule has 154 valence electrons. The highest BCUT2D eigenvalue weighted by Crippen LogP contribution is 2.23. The third-order valence-corrected chi connectivity index (χ3v) is 5.48. The lowest BCUT2D eigenvalue weighted by atomic mass is 10.1. The molecule has 0 spiro atoms. The summed E-state index contributed by atoms with van der Waals surface area (Å²) in [6, 6.07) is 8.32. The second-order valence-electron chi connectivity index (χ2n) is 7.50. The number of carbonyl (C=O) groups is 1. The van der Waals surface area contributed by atoms with Crippen LogP contribution >= 0.6 is 0 Å². The summed E-state index contributed by atoms with van der Waals surface area (Å²) in [5, 5.41) is 3.39. The van der Waals surface area contributed by atoms with E-state index in [-0.39, 0.29) is 5.91 Å². The molecule has 6 heteroatoms. The summed E-state index contributed by atoms with van der Waals surface area (Å²) in [7, 11) is 0. The minimum Gasteiger partial charge on any atom is -0.378 e. The lowest BCUT2D eigenvalue weighted by Crippen LogP contribution is -2.47. The molecule has 0 aromatic heterocycles. The standard InChI is InChI=1S/C22H34N4O2/c1-3-23-22(25-14-11-20(12-15-25)28-4-2)24-13-7-10-21(27)26-16-18-8-5-6-9-19(18)17-26/h5-6,8-9,20H,3-4,7,10-17H2,1-2H3,(H,23,24). The molecule has 3 rings (SSSR count). The molecule has 1 aromatic carbocycles. The fraction of sp³-hybridized carbons (Fsp3) is 0.636. The Morgan fingerprint density at radius 1 is 1.14 bits per heavy atom. The Kier molecular flexibility index (Phi) is 7.71. The van der Waals surface area contributed by atoms with E-state index in [0.717, 1.165) is 64.6 Å². The van der Waals surface area contributed by atoms with Crippen LogP contribution in [0.15, 0.2) is 29.3 Å². The van der Waals surface area contributed by atoms with Crippen LogP contribution in [-0.2, 0) is 22.6 Å². The first-order chi connectivity index (χ1) is 13.7. The van der Waals surface area contributed by atoms with Crippen molar-refractivity contribution in [2.45, 2.75) is 58.7 Å². The van der Waals surface area contributed by atoms with Gasteiger partial charge in [0.25, 0.3) is 0 Å². The Bertz CT molecular complexity index is 643. The molecule has 0 aliphatic carbocycles. The van der Waals surface area contributed by atoms with Gasteiger partial charge in [-0.05, 0) is 44.2 Å². The molecule has 2 aliphatic heterocycles. The number of rotatable bonds is 7. The number of hydrogen-bond donors (Lipinski definition) is 1. The van der Waals surface area contributed by atoms with Gasteiger partial charge < -0.3 is 19.9 Å². The van der Waals surface area contributed by atoms with E-state index in [9.17, 15) is 4.79 Å². The van der Waals surface area contributed by atoms with E-state index in [2.05, 4.69) is 36.2 Å². The Labute approximate surface area is 168 Å². The quantitative estimate of drug-likeness (QED) is 0.445. The Hall–Kier alpha value is -2.08. The minimum atomic E-state index is 0.230. The Morgan fingerprint density at radius 3 is 2.43 bits per heavy atom. The van der Waals surface area contributed by atoms with Gasteiger partial charge in [-0.1, -0.05) is 24.3 Å². The molecule has 1 amide bonds. The van der Waals surface area contributed by atoms with Crippen LogP contribution in [0.25, 0.3) is 0 Å². The van der Waals surface area contributed by atoms with Crippen molar-refractivity contribution in [2.24, 2.45) is 4.99 Å². The zero-order valence-corrected chi connectivity index (χ0v) is 17.3. The number of hydrogen-bond acceptors (Lipinski definition) is 3. The number of fused-ring (bicyclic) bond motifs is 1.